The Hall–Kier alpha value is -4.45. The normalized spacial score (nSPS) is 12.8. The number of anilines is 1. The van der Waals surface area contributed by atoms with Gasteiger partial charge < -0.3 is 15.5 Å². The number of hydrogen-bond acceptors (Lipinski definition) is 13. The van der Waals surface area contributed by atoms with Crippen LogP contribution in [0.5, 0.6) is 11.5 Å². The van der Waals surface area contributed by atoms with E-state index < -0.39 is 40.4 Å². The molecule has 0 unspecified atom stereocenters. The lowest BCUT2D eigenvalue weighted by Crippen LogP contribution is -2.05. The molecule has 0 spiro atoms. The molecule has 0 aliphatic carbocycles. The molecular formula is C27H27N5O9S3. The third kappa shape index (κ3) is 6.54. The lowest BCUT2D eigenvalue weighted by Gasteiger charge is -2.11. The van der Waals surface area contributed by atoms with Gasteiger partial charge in [-0.2, -0.15) is 8.42 Å². The minimum absolute atomic E-state index is 0.0353. The Morgan fingerprint density at radius 2 is 1.20 bits per heavy atom. The predicted molar refractivity (Wildman–Crippen MR) is 163 cm³/mol. The molecule has 0 saturated carbocycles. The van der Waals surface area contributed by atoms with E-state index in [2.05, 4.69) is 25.8 Å². The molecular weight excluding hydrogens is 635 g/mol. The first-order valence-corrected chi connectivity index (χ1v) is 17.6. The zero-order valence-electron chi connectivity index (χ0n) is 23.5. The standard InChI is InChI=1S/C27H27N5O9S3/c1-4-42(35,36)16-6-12-24(33)22(14-16)30-29-21-11-8-18-19(27(21)34)9-10-20(28-3)26(18)32-31-23-15-17(43(37,38)5-2)7-13-25(23)44(39,40)41/h6-15,28,33-34H,4-5H2,1-3H3,(H,39,40,41)/b30-29+,32-31+. The molecule has 14 nitrogen and oxygen atoms in total. The van der Waals surface area contributed by atoms with E-state index >= 15 is 0 Å². The highest BCUT2D eigenvalue weighted by Crippen LogP contribution is 2.43. The number of azo groups is 2. The van der Waals surface area contributed by atoms with E-state index in [0.717, 1.165) is 24.3 Å². The van der Waals surface area contributed by atoms with Crippen molar-refractivity contribution in [3.63, 3.8) is 0 Å². The summed E-state index contributed by atoms with van der Waals surface area (Å²) in [6, 6.07) is 12.5. The number of phenols is 2. The van der Waals surface area contributed by atoms with Crippen LogP contribution in [0.3, 0.4) is 0 Å². The van der Waals surface area contributed by atoms with E-state index in [4.69, 9.17) is 0 Å². The van der Waals surface area contributed by atoms with Crippen molar-refractivity contribution in [3.8, 4) is 11.5 Å². The van der Waals surface area contributed by atoms with Gasteiger partial charge in [-0.05, 0) is 60.7 Å². The molecule has 0 saturated heterocycles. The predicted octanol–water partition coefficient (Wildman–Crippen LogP) is 5.96. The van der Waals surface area contributed by atoms with Crippen molar-refractivity contribution >= 4 is 69.0 Å². The molecule has 17 heteroatoms. The molecule has 44 heavy (non-hydrogen) atoms. The number of phenolic OH excluding ortho intramolecular Hbond substituents is 2. The number of fused-ring (bicyclic) bond motifs is 1. The Morgan fingerprint density at radius 1 is 0.659 bits per heavy atom. The smallest absolute Gasteiger partial charge is 0.296 e. The number of aromatic hydroxyl groups is 2. The van der Waals surface area contributed by atoms with Crippen molar-refractivity contribution in [3.05, 3.63) is 60.7 Å². The first kappa shape index (κ1) is 32.5. The van der Waals surface area contributed by atoms with Gasteiger partial charge in [0.05, 0.1) is 27.0 Å². The van der Waals surface area contributed by atoms with Gasteiger partial charge in [-0.15, -0.1) is 20.5 Å². The SMILES string of the molecule is CCS(=O)(=O)c1ccc(O)c(/N=N/c2ccc3c(/N=N/c4cc(S(=O)(=O)CC)ccc4S(=O)(=O)O)c(NC)ccc3c2O)c1. The molecule has 232 valence electrons. The summed E-state index contributed by atoms with van der Waals surface area (Å²) in [5, 5.41) is 40.6. The van der Waals surface area contributed by atoms with Gasteiger partial charge in [0.1, 0.15) is 33.4 Å². The molecule has 0 atom stereocenters. The second kappa shape index (κ2) is 12.3. The average Bonchev–Trinajstić information content (AvgIpc) is 2.99. The molecule has 0 heterocycles. The molecule has 0 aromatic heterocycles. The van der Waals surface area contributed by atoms with Gasteiger partial charge in [0.2, 0.25) is 0 Å². The largest absolute Gasteiger partial charge is 0.506 e. The number of hydrogen-bond donors (Lipinski definition) is 4. The number of sulfone groups is 2. The monoisotopic (exact) mass is 661 g/mol. The average molecular weight is 662 g/mol. The summed E-state index contributed by atoms with van der Waals surface area (Å²) in [5.74, 6) is -1.10. The molecule has 4 rings (SSSR count). The maximum absolute atomic E-state index is 12.4. The summed E-state index contributed by atoms with van der Waals surface area (Å²) in [6.07, 6.45) is 0. The molecule has 0 bridgehead atoms. The highest BCUT2D eigenvalue weighted by molar-refractivity contribution is 7.91. The number of nitrogens with zero attached hydrogens (tertiary/aromatic N) is 4. The van der Waals surface area contributed by atoms with Crippen LogP contribution in [0.2, 0.25) is 0 Å². The summed E-state index contributed by atoms with van der Waals surface area (Å²) < 4.78 is 82.9. The lowest BCUT2D eigenvalue weighted by molar-refractivity contribution is 0.475. The van der Waals surface area contributed by atoms with E-state index in [0.29, 0.717) is 11.1 Å². The highest BCUT2D eigenvalue weighted by Gasteiger charge is 2.21. The highest BCUT2D eigenvalue weighted by atomic mass is 32.2. The van der Waals surface area contributed by atoms with Crippen LogP contribution < -0.4 is 5.32 Å². The van der Waals surface area contributed by atoms with Crippen LogP contribution in [-0.2, 0) is 29.8 Å². The van der Waals surface area contributed by atoms with Crippen LogP contribution in [0.4, 0.5) is 28.4 Å². The molecule has 4 N–H and O–H groups in total. The maximum Gasteiger partial charge on any atom is 0.296 e. The summed E-state index contributed by atoms with van der Waals surface area (Å²) in [4.78, 5) is -0.934. The van der Waals surface area contributed by atoms with Gasteiger partial charge in [-0.1, -0.05) is 13.8 Å². The van der Waals surface area contributed by atoms with E-state index in [9.17, 15) is 40.0 Å². The van der Waals surface area contributed by atoms with Crippen LogP contribution in [0.25, 0.3) is 10.8 Å². The van der Waals surface area contributed by atoms with Gasteiger partial charge >= 0.3 is 0 Å². The Balaban J connectivity index is 1.83. The minimum atomic E-state index is -4.80. The zero-order chi connectivity index (χ0) is 32.4. The lowest BCUT2D eigenvalue weighted by atomic mass is 10.1. The van der Waals surface area contributed by atoms with Gasteiger partial charge in [0.15, 0.2) is 25.4 Å². The van der Waals surface area contributed by atoms with E-state index in [1.54, 1.807) is 19.2 Å². The Kier molecular flexibility index (Phi) is 9.06. The Bertz CT molecular complexity index is 2160. The van der Waals surface area contributed by atoms with Gasteiger partial charge in [0, 0.05) is 17.8 Å². The van der Waals surface area contributed by atoms with Crippen LogP contribution in [-0.4, -0.2) is 58.6 Å². The Morgan fingerprint density at radius 3 is 1.80 bits per heavy atom. The minimum Gasteiger partial charge on any atom is -0.506 e. The van der Waals surface area contributed by atoms with E-state index in [-0.39, 0.29) is 55.2 Å². The summed E-state index contributed by atoms with van der Waals surface area (Å²) in [7, 11) is -10.5. The van der Waals surface area contributed by atoms with E-state index in [1.165, 1.54) is 38.1 Å². The summed E-state index contributed by atoms with van der Waals surface area (Å²) >= 11 is 0. The van der Waals surface area contributed by atoms with Crippen molar-refractivity contribution in [1.29, 1.82) is 0 Å². The van der Waals surface area contributed by atoms with Crippen molar-refractivity contribution < 1.29 is 40.0 Å². The topological polar surface area (TPSA) is 225 Å². The number of rotatable bonds is 10. The molecule has 4 aromatic carbocycles. The van der Waals surface area contributed by atoms with Crippen molar-refractivity contribution in [2.45, 2.75) is 28.5 Å². The zero-order valence-corrected chi connectivity index (χ0v) is 25.9. The van der Waals surface area contributed by atoms with Gasteiger partial charge in [0.25, 0.3) is 10.1 Å². The van der Waals surface area contributed by atoms with Crippen LogP contribution in [0.15, 0.2) is 95.8 Å². The van der Waals surface area contributed by atoms with E-state index in [1.807, 2.05) is 0 Å². The maximum atomic E-state index is 12.4. The van der Waals surface area contributed by atoms with Crippen molar-refractivity contribution in [2.75, 3.05) is 23.9 Å². The van der Waals surface area contributed by atoms with Crippen LogP contribution in [0, 0.1) is 0 Å². The molecule has 0 radical (unpaired) electrons. The third-order valence-corrected chi connectivity index (χ3v) is 10.9. The molecule has 0 aliphatic heterocycles. The van der Waals surface area contributed by atoms with Crippen LogP contribution in [0.1, 0.15) is 13.8 Å². The van der Waals surface area contributed by atoms with Gasteiger partial charge in [-0.25, -0.2) is 16.8 Å². The Labute approximate surface area is 253 Å². The summed E-state index contributed by atoms with van der Waals surface area (Å²) in [6.45, 7) is 2.89. The van der Waals surface area contributed by atoms with Gasteiger partial charge in [-0.3, -0.25) is 4.55 Å². The fourth-order valence-electron chi connectivity index (χ4n) is 4.06. The van der Waals surface area contributed by atoms with Crippen LogP contribution >= 0.6 is 0 Å². The second-order valence-corrected chi connectivity index (χ2v) is 15.1. The van der Waals surface area contributed by atoms with Crippen molar-refractivity contribution in [1.82, 2.24) is 0 Å². The molecule has 0 aliphatic rings. The van der Waals surface area contributed by atoms with Crippen molar-refractivity contribution in [2.24, 2.45) is 20.5 Å². The fraction of sp³-hybridized carbons (Fsp3) is 0.185. The number of benzene rings is 4. The second-order valence-electron chi connectivity index (χ2n) is 9.20. The quantitative estimate of drug-likeness (QED) is 0.115. The molecule has 0 fully saturated rings. The first-order chi connectivity index (χ1) is 20.6. The third-order valence-electron chi connectivity index (χ3n) is 6.55. The molecule has 4 aromatic rings. The summed E-state index contributed by atoms with van der Waals surface area (Å²) in [5.41, 5.74) is -0.0701. The fourth-order valence-corrected chi connectivity index (χ4v) is 6.47. The first-order valence-electron chi connectivity index (χ1n) is 12.8. The molecule has 0 amide bonds. The number of nitrogens with one attached hydrogen (secondary N) is 1.